The van der Waals surface area contributed by atoms with Gasteiger partial charge in [-0.1, -0.05) is 38.1 Å². The normalized spacial score (nSPS) is 20.5. The van der Waals surface area contributed by atoms with Crippen LogP contribution in [0.3, 0.4) is 0 Å². The monoisotopic (exact) mass is 379 g/mol. The van der Waals surface area contributed by atoms with Crippen molar-refractivity contribution in [1.29, 1.82) is 0 Å². The Bertz CT molecular complexity index is 838. The number of anilines is 1. The zero-order valence-corrected chi connectivity index (χ0v) is 17.2. The molecule has 148 valence electrons. The maximum Gasteiger partial charge on any atom is 0.225 e. The number of ketones is 1. The van der Waals surface area contributed by atoms with Crippen molar-refractivity contribution in [2.75, 3.05) is 37.6 Å². The van der Waals surface area contributed by atoms with Crippen LogP contribution in [0.1, 0.15) is 66.2 Å². The van der Waals surface area contributed by atoms with Gasteiger partial charge in [-0.3, -0.25) is 4.79 Å². The number of rotatable bonds is 4. The minimum Gasteiger partial charge on any atom is -0.332 e. The van der Waals surface area contributed by atoms with Crippen LogP contribution in [0.15, 0.2) is 30.5 Å². The van der Waals surface area contributed by atoms with Gasteiger partial charge in [0.05, 0.1) is 44.0 Å². The number of carbonyl (C=O) groups excluding carboxylic acids is 1. The first kappa shape index (κ1) is 19.1. The lowest BCUT2D eigenvalue weighted by molar-refractivity contribution is -0.898. The number of carbonyl (C=O) groups is 1. The van der Waals surface area contributed by atoms with Gasteiger partial charge < -0.3 is 9.80 Å². The van der Waals surface area contributed by atoms with Gasteiger partial charge in [0.2, 0.25) is 5.95 Å². The fourth-order valence-corrected chi connectivity index (χ4v) is 4.35. The highest BCUT2D eigenvalue weighted by atomic mass is 16.1. The van der Waals surface area contributed by atoms with Crippen LogP contribution in [0.5, 0.6) is 0 Å². The molecule has 4 rings (SSSR count). The molecule has 2 heterocycles. The van der Waals surface area contributed by atoms with Crippen molar-refractivity contribution in [2.45, 2.75) is 45.4 Å². The number of hydrogen-bond acceptors (Lipinski definition) is 4. The summed E-state index contributed by atoms with van der Waals surface area (Å²) in [5, 5.41) is 0. The van der Waals surface area contributed by atoms with Crippen LogP contribution in [0.4, 0.5) is 5.95 Å². The summed E-state index contributed by atoms with van der Waals surface area (Å²) >= 11 is 0. The molecule has 0 unspecified atom stereocenters. The fraction of sp³-hybridized carbons (Fsp3) is 0.522. The number of nitrogens with one attached hydrogen (secondary N) is 1. The predicted molar refractivity (Wildman–Crippen MR) is 111 cm³/mol. The molecule has 1 aliphatic heterocycles. The number of aromatic nitrogens is 2. The Balaban J connectivity index is 1.54. The molecule has 2 aliphatic rings. The Morgan fingerprint density at radius 1 is 1.14 bits per heavy atom. The van der Waals surface area contributed by atoms with Crippen LogP contribution < -0.4 is 9.80 Å². The number of fused-ring (bicyclic) bond motifs is 1. The molecule has 1 aromatic heterocycles. The van der Waals surface area contributed by atoms with Crippen molar-refractivity contribution in [3.63, 3.8) is 0 Å². The largest absolute Gasteiger partial charge is 0.332 e. The van der Waals surface area contributed by atoms with Crippen LogP contribution in [-0.2, 0) is 6.42 Å². The van der Waals surface area contributed by atoms with Crippen LogP contribution >= 0.6 is 0 Å². The van der Waals surface area contributed by atoms with Crippen molar-refractivity contribution < 1.29 is 9.69 Å². The summed E-state index contributed by atoms with van der Waals surface area (Å²) in [5.41, 5.74) is 4.22. The molecule has 1 atom stereocenters. The Morgan fingerprint density at radius 3 is 2.50 bits per heavy atom. The number of hydrogen-bond donors (Lipinski definition) is 1. The van der Waals surface area contributed by atoms with Gasteiger partial charge in [-0.15, -0.1) is 0 Å². The highest BCUT2D eigenvalue weighted by Gasteiger charge is 2.29. The lowest BCUT2D eigenvalue weighted by atomic mass is 9.81. The lowest BCUT2D eigenvalue weighted by Crippen LogP contribution is -3.14. The van der Waals surface area contributed by atoms with Gasteiger partial charge >= 0.3 is 0 Å². The minimum atomic E-state index is 0.172. The van der Waals surface area contributed by atoms with E-state index in [1.165, 1.54) is 17.7 Å². The first-order chi connectivity index (χ1) is 13.5. The van der Waals surface area contributed by atoms with Gasteiger partial charge in [0.25, 0.3) is 0 Å². The molecule has 2 aromatic rings. The van der Waals surface area contributed by atoms with E-state index < -0.39 is 0 Å². The smallest absolute Gasteiger partial charge is 0.225 e. The van der Waals surface area contributed by atoms with Crippen molar-refractivity contribution in [3.8, 4) is 0 Å². The molecule has 1 aromatic carbocycles. The second-order valence-electron chi connectivity index (χ2n) is 8.47. The third kappa shape index (κ3) is 3.81. The Kier molecular flexibility index (Phi) is 5.44. The summed E-state index contributed by atoms with van der Waals surface area (Å²) in [6.07, 6.45) is 3.13. The predicted octanol–water partition coefficient (Wildman–Crippen LogP) is 2.24. The van der Waals surface area contributed by atoms with E-state index in [4.69, 9.17) is 4.98 Å². The van der Waals surface area contributed by atoms with Crippen molar-refractivity contribution in [1.82, 2.24) is 9.97 Å². The molecular formula is C23H31N4O+. The molecule has 1 saturated heterocycles. The van der Waals surface area contributed by atoms with E-state index >= 15 is 0 Å². The standard InChI is InChI=1S/C23H30N4O/c1-4-26-9-11-27(12-10-26)23-24-15-20-21(25-23)13-19(14-22(20)28)18-7-5-17(6-8-18)16(2)3/h5-8,15-16,19H,4,9-14H2,1-3H3/p+1/t19-/m0/s1. The summed E-state index contributed by atoms with van der Waals surface area (Å²) in [7, 11) is 0. The second-order valence-corrected chi connectivity index (χ2v) is 8.47. The maximum atomic E-state index is 12.7. The summed E-state index contributed by atoms with van der Waals surface area (Å²) in [6, 6.07) is 8.77. The number of nitrogens with zero attached hydrogens (tertiary/aromatic N) is 3. The molecule has 0 spiro atoms. The van der Waals surface area contributed by atoms with Gasteiger partial charge in [0.15, 0.2) is 5.78 Å². The molecule has 1 N–H and O–H groups in total. The van der Waals surface area contributed by atoms with Gasteiger partial charge in [0.1, 0.15) is 0 Å². The van der Waals surface area contributed by atoms with Gasteiger partial charge in [-0.25, -0.2) is 9.97 Å². The topological polar surface area (TPSA) is 50.5 Å². The average molecular weight is 380 g/mol. The summed E-state index contributed by atoms with van der Waals surface area (Å²) in [5.74, 6) is 1.70. The van der Waals surface area contributed by atoms with E-state index in [1.54, 1.807) is 11.1 Å². The third-order valence-electron chi connectivity index (χ3n) is 6.35. The quantitative estimate of drug-likeness (QED) is 0.885. The summed E-state index contributed by atoms with van der Waals surface area (Å²) in [4.78, 5) is 26.0. The number of quaternary nitrogens is 1. The fourth-order valence-electron chi connectivity index (χ4n) is 4.35. The Hall–Kier alpha value is -2.27. The molecule has 0 amide bonds. The summed E-state index contributed by atoms with van der Waals surface area (Å²) < 4.78 is 0. The average Bonchev–Trinajstić information content (AvgIpc) is 2.73. The molecule has 5 nitrogen and oxygen atoms in total. The summed E-state index contributed by atoms with van der Waals surface area (Å²) in [6.45, 7) is 12.0. The van der Waals surface area contributed by atoms with E-state index in [9.17, 15) is 4.79 Å². The number of likely N-dealkylation sites (N-methyl/N-ethyl adjacent to an activating group) is 1. The molecule has 0 radical (unpaired) electrons. The van der Waals surface area contributed by atoms with Gasteiger partial charge in [0, 0.05) is 12.6 Å². The van der Waals surface area contributed by atoms with Crippen LogP contribution in [-0.4, -0.2) is 48.5 Å². The third-order valence-corrected chi connectivity index (χ3v) is 6.35. The SMILES string of the molecule is CC[NH+]1CCN(c2ncc3c(n2)C[C@H](c2ccc(C(C)C)cc2)CC3=O)CC1. The zero-order chi connectivity index (χ0) is 19.7. The van der Waals surface area contributed by atoms with Gasteiger partial charge in [-0.2, -0.15) is 0 Å². The molecule has 0 bridgehead atoms. The van der Waals surface area contributed by atoms with E-state index in [-0.39, 0.29) is 11.7 Å². The Labute approximate surface area is 167 Å². The van der Waals surface area contributed by atoms with Crippen molar-refractivity contribution in [2.24, 2.45) is 0 Å². The number of Topliss-reactive ketones (excluding diaryl/α,β-unsaturated/α-hetero) is 1. The van der Waals surface area contributed by atoms with E-state index in [0.717, 1.165) is 49.8 Å². The van der Waals surface area contributed by atoms with Crippen LogP contribution in [0, 0.1) is 0 Å². The van der Waals surface area contributed by atoms with Gasteiger partial charge in [-0.05, 0) is 36.3 Å². The molecular weight excluding hydrogens is 348 g/mol. The lowest BCUT2D eigenvalue weighted by Gasteiger charge is -2.32. The van der Waals surface area contributed by atoms with E-state index in [1.807, 2.05) is 0 Å². The molecule has 28 heavy (non-hydrogen) atoms. The first-order valence-electron chi connectivity index (χ1n) is 10.6. The highest BCUT2D eigenvalue weighted by molar-refractivity contribution is 5.98. The molecule has 1 fully saturated rings. The minimum absolute atomic E-state index is 0.172. The van der Waals surface area contributed by atoms with Crippen molar-refractivity contribution in [3.05, 3.63) is 52.8 Å². The van der Waals surface area contributed by atoms with Crippen molar-refractivity contribution >= 4 is 11.7 Å². The zero-order valence-electron chi connectivity index (χ0n) is 17.2. The van der Waals surface area contributed by atoms with Crippen LogP contribution in [0.25, 0.3) is 0 Å². The maximum absolute atomic E-state index is 12.7. The molecule has 1 aliphatic carbocycles. The molecule has 5 heteroatoms. The van der Waals surface area contributed by atoms with E-state index in [2.05, 4.69) is 54.9 Å². The Morgan fingerprint density at radius 2 is 1.86 bits per heavy atom. The van der Waals surface area contributed by atoms with E-state index in [0.29, 0.717) is 12.3 Å². The molecule has 0 saturated carbocycles. The van der Waals surface area contributed by atoms with Crippen LogP contribution in [0.2, 0.25) is 0 Å². The first-order valence-corrected chi connectivity index (χ1v) is 10.6. The number of piperazine rings is 1. The number of benzene rings is 1. The highest BCUT2D eigenvalue weighted by Crippen LogP contribution is 2.33. The second kappa shape index (κ2) is 8.00.